The molecule has 3 aromatic rings. The van der Waals surface area contributed by atoms with E-state index < -0.39 is 6.03 Å². The summed E-state index contributed by atoms with van der Waals surface area (Å²) in [6, 6.07) is 17.3. The van der Waals surface area contributed by atoms with Crippen molar-refractivity contribution >= 4 is 17.4 Å². The minimum Gasteiger partial charge on any atom is -0.351 e. The molecule has 0 aliphatic heterocycles. The number of anilines is 2. The fraction of sp³-hybridized carbons (Fsp3) is 0.143. The summed E-state index contributed by atoms with van der Waals surface area (Å²) in [6.07, 6.45) is 4.49. The van der Waals surface area contributed by atoms with Crippen molar-refractivity contribution in [2.24, 2.45) is 5.73 Å². The third-order valence-electron chi connectivity index (χ3n) is 4.27. The number of rotatable bonds is 4. The fourth-order valence-corrected chi connectivity index (χ4v) is 2.90. The highest BCUT2D eigenvalue weighted by atomic mass is 16.2. The number of pyridine rings is 1. The summed E-state index contributed by atoms with van der Waals surface area (Å²) in [6.45, 7) is 4.08. The van der Waals surface area contributed by atoms with Gasteiger partial charge in [0.15, 0.2) is 0 Å². The molecule has 4 heteroatoms. The zero-order valence-electron chi connectivity index (χ0n) is 14.4. The van der Waals surface area contributed by atoms with Crippen LogP contribution in [0.5, 0.6) is 0 Å². The number of hydrogen-bond donors (Lipinski definition) is 1. The molecular weight excluding hydrogens is 310 g/mol. The molecule has 2 aromatic carbocycles. The SMILES string of the molecule is CCc1ccc(N(C(N)=O)c2ccc(-c3ccncc3)cc2C)cc1. The minimum absolute atomic E-state index is 0.496. The van der Waals surface area contributed by atoms with E-state index in [0.717, 1.165) is 34.5 Å². The van der Waals surface area contributed by atoms with Crippen LogP contribution in [0.2, 0.25) is 0 Å². The number of benzene rings is 2. The van der Waals surface area contributed by atoms with Crippen molar-refractivity contribution in [1.29, 1.82) is 0 Å². The number of carbonyl (C=O) groups excluding carboxylic acids is 1. The van der Waals surface area contributed by atoms with Crippen molar-refractivity contribution in [3.8, 4) is 11.1 Å². The Hall–Kier alpha value is -3.14. The molecule has 2 N–H and O–H groups in total. The number of carbonyl (C=O) groups is 1. The summed E-state index contributed by atoms with van der Waals surface area (Å²) in [5.41, 5.74) is 11.6. The Morgan fingerprint density at radius 2 is 1.68 bits per heavy atom. The average molecular weight is 331 g/mol. The van der Waals surface area contributed by atoms with E-state index in [0.29, 0.717) is 0 Å². The van der Waals surface area contributed by atoms with E-state index >= 15 is 0 Å². The van der Waals surface area contributed by atoms with Crippen LogP contribution in [0, 0.1) is 6.92 Å². The average Bonchev–Trinajstić information content (AvgIpc) is 2.64. The molecule has 0 saturated heterocycles. The van der Waals surface area contributed by atoms with Gasteiger partial charge < -0.3 is 5.73 Å². The van der Waals surface area contributed by atoms with E-state index in [4.69, 9.17) is 5.73 Å². The van der Waals surface area contributed by atoms with Gasteiger partial charge in [-0.05, 0) is 72.0 Å². The zero-order valence-corrected chi connectivity index (χ0v) is 14.4. The molecule has 2 amide bonds. The van der Waals surface area contributed by atoms with E-state index in [9.17, 15) is 4.79 Å². The molecule has 0 unspecified atom stereocenters. The summed E-state index contributed by atoms with van der Waals surface area (Å²) in [5.74, 6) is 0. The number of urea groups is 1. The first-order valence-corrected chi connectivity index (χ1v) is 8.29. The molecular formula is C21H21N3O. The number of amides is 2. The molecule has 0 fully saturated rings. The maximum absolute atomic E-state index is 12.1. The third kappa shape index (κ3) is 3.53. The number of aryl methyl sites for hydroxylation is 2. The second kappa shape index (κ2) is 7.18. The molecule has 0 atom stereocenters. The van der Waals surface area contributed by atoms with Crippen LogP contribution in [-0.4, -0.2) is 11.0 Å². The number of primary amides is 1. The lowest BCUT2D eigenvalue weighted by atomic mass is 10.0. The Balaban J connectivity index is 2.00. The van der Waals surface area contributed by atoms with E-state index in [1.807, 2.05) is 55.5 Å². The predicted octanol–water partition coefficient (Wildman–Crippen LogP) is 4.84. The molecule has 0 spiro atoms. The van der Waals surface area contributed by atoms with Crippen LogP contribution in [0.15, 0.2) is 67.0 Å². The molecule has 1 aromatic heterocycles. The summed E-state index contributed by atoms with van der Waals surface area (Å²) in [5, 5.41) is 0. The van der Waals surface area contributed by atoms with Crippen LogP contribution < -0.4 is 10.6 Å². The van der Waals surface area contributed by atoms with Gasteiger partial charge in [-0.15, -0.1) is 0 Å². The fourth-order valence-electron chi connectivity index (χ4n) is 2.90. The first-order chi connectivity index (χ1) is 12.1. The van der Waals surface area contributed by atoms with Gasteiger partial charge in [0.25, 0.3) is 0 Å². The number of nitrogens with zero attached hydrogens (tertiary/aromatic N) is 2. The molecule has 0 aliphatic carbocycles. The Morgan fingerprint density at radius 3 is 2.24 bits per heavy atom. The molecule has 126 valence electrons. The lowest BCUT2D eigenvalue weighted by molar-refractivity contribution is 0.256. The van der Waals surface area contributed by atoms with Gasteiger partial charge in [-0.3, -0.25) is 9.88 Å². The lowest BCUT2D eigenvalue weighted by Crippen LogP contribution is -2.31. The molecule has 4 nitrogen and oxygen atoms in total. The predicted molar refractivity (Wildman–Crippen MR) is 102 cm³/mol. The maximum atomic E-state index is 12.1. The molecule has 0 saturated carbocycles. The molecule has 1 heterocycles. The van der Waals surface area contributed by atoms with Gasteiger partial charge in [0.2, 0.25) is 0 Å². The summed E-state index contributed by atoms with van der Waals surface area (Å²) < 4.78 is 0. The minimum atomic E-state index is -0.496. The quantitative estimate of drug-likeness (QED) is 0.744. The van der Waals surface area contributed by atoms with Crippen LogP contribution in [0.1, 0.15) is 18.1 Å². The molecule has 0 bridgehead atoms. The van der Waals surface area contributed by atoms with Crippen molar-refractivity contribution < 1.29 is 4.79 Å². The van der Waals surface area contributed by atoms with E-state index in [-0.39, 0.29) is 0 Å². The van der Waals surface area contributed by atoms with Crippen molar-refractivity contribution in [2.75, 3.05) is 4.90 Å². The summed E-state index contributed by atoms with van der Waals surface area (Å²) >= 11 is 0. The Kier molecular flexibility index (Phi) is 4.80. The maximum Gasteiger partial charge on any atom is 0.323 e. The van der Waals surface area contributed by atoms with E-state index in [2.05, 4.69) is 18.0 Å². The Morgan fingerprint density at radius 1 is 1.00 bits per heavy atom. The highest BCUT2D eigenvalue weighted by Crippen LogP contribution is 2.31. The van der Waals surface area contributed by atoms with Crippen molar-refractivity contribution in [1.82, 2.24) is 4.98 Å². The van der Waals surface area contributed by atoms with E-state index in [1.54, 1.807) is 17.3 Å². The van der Waals surface area contributed by atoms with Gasteiger partial charge in [0.1, 0.15) is 0 Å². The van der Waals surface area contributed by atoms with Crippen LogP contribution >= 0.6 is 0 Å². The smallest absolute Gasteiger partial charge is 0.323 e. The normalized spacial score (nSPS) is 10.5. The highest BCUT2D eigenvalue weighted by Gasteiger charge is 2.17. The lowest BCUT2D eigenvalue weighted by Gasteiger charge is -2.23. The number of aromatic nitrogens is 1. The van der Waals surface area contributed by atoms with Crippen molar-refractivity contribution in [3.63, 3.8) is 0 Å². The van der Waals surface area contributed by atoms with Gasteiger partial charge in [-0.2, -0.15) is 0 Å². The highest BCUT2D eigenvalue weighted by molar-refractivity contribution is 5.99. The van der Waals surface area contributed by atoms with Crippen LogP contribution in [0.3, 0.4) is 0 Å². The number of hydrogen-bond acceptors (Lipinski definition) is 2. The largest absolute Gasteiger partial charge is 0.351 e. The van der Waals surface area contributed by atoms with Crippen molar-refractivity contribution in [2.45, 2.75) is 20.3 Å². The van der Waals surface area contributed by atoms with Crippen LogP contribution in [-0.2, 0) is 6.42 Å². The van der Waals surface area contributed by atoms with E-state index in [1.165, 1.54) is 5.56 Å². The second-order valence-electron chi connectivity index (χ2n) is 5.93. The summed E-state index contributed by atoms with van der Waals surface area (Å²) in [4.78, 5) is 17.7. The Labute approximate surface area is 147 Å². The topological polar surface area (TPSA) is 59.2 Å². The standard InChI is InChI=1S/C21H21N3O/c1-3-16-4-7-19(8-5-16)24(21(22)25)20-9-6-18(14-15(20)2)17-10-12-23-13-11-17/h4-14H,3H2,1-2H3,(H2,22,25). The van der Waals surface area contributed by atoms with Crippen LogP contribution in [0.25, 0.3) is 11.1 Å². The van der Waals surface area contributed by atoms with Gasteiger partial charge >= 0.3 is 6.03 Å². The monoisotopic (exact) mass is 331 g/mol. The van der Waals surface area contributed by atoms with Gasteiger partial charge in [-0.25, -0.2) is 4.79 Å². The van der Waals surface area contributed by atoms with Gasteiger partial charge in [0, 0.05) is 12.4 Å². The van der Waals surface area contributed by atoms with Gasteiger partial charge in [-0.1, -0.05) is 25.1 Å². The molecule has 3 rings (SSSR count). The van der Waals surface area contributed by atoms with Crippen LogP contribution in [0.4, 0.5) is 16.2 Å². The molecule has 0 aliphatic rings. The Bertz CT molecular complexity index is 873. The van der Waals surface area contributed by atoms with Gasteiger partial charge in [0.05, 0.1) is 11.4 Å². The molecule has 0 radical (unpaired) electrons. The second-order valence-corrected chi connectivity index (χ2v) is 5.93. The first-order valence-electron chi connectivity index (χ1n) is 8.29. The zero-order chi connectivity index (χ0) is 17.8. The number of nitrogens with two attached hydrogens (primary N) is 1. The third-order valence-corrected chi connectivity index (χ3v) is 4.27. The van der Waals surface area contributed by atoms with Crippen molar-refractivity contribution in [3.05, 3.63) is 78.1 Å². The molecule has 25 heavy (non-hydrogen) atoms. The first kappa shape index (κ1) is 16.7. The summed E-state index contributed by atoms with van der Waals surface area (Å²) in [7, 11) is 0.